The molecule has 0 unspecified atom stereocenters. The zero-order valence-corrected chi connectivity index (χ0v) is 10.8. The van der Waals surface area contributed by atoms with Crippen molar-refractivity contribution in [2.24, 2.45) is 0 Å². The van der Waals surface area contributed by atoms with Gasteiger partial charge in [0.1, 0.15) is 5.03 Å². The van der Waals surface area contributed by atoms with Crippen molar-refractivity contribution in [2.75, 3.05) is 5.73 Å². The molecule has 90 valence electrons. The number of H-pyrrole nitrogens is 1. The predicted molar refractivity (Wildman–Crippen MR) is 75.8 cm³/mol. The summed E-state index contributed by atoms with van der Waals surface area (Å²) in [6, 6.07) is 14.1. The number of para-hydroxylation sites is 1. The van der Waals surface area contributed by atoms with Gasteiger partial charge in [-0.2, -0.15) is 0 Å². The summed E-state index contributed by atoms with van der Waals surface area (Å²) in [7, 11) is 0. The number of rotatable bonds is 2. The molecule has 0 aliphatic rings. The van der Waals surface area contributed by atoms with Crippen molar-refractivity contribution in [1.82, 2.24) is 9.97 Å². The predicted octanol–water partition coefficient (Wildman–Crippen LogP) is 3.60. The highest BCUT2D eigenvalue weighted by Gasteiger charge is 2.06. The number of hydrogen-bond acceptors (Lipinski definition) is 3. The van der Waals surface area contributed by atoms with Gasteiger partial charge in [0.15, 0.2) is 0 Å². The average molecular weight is 255 g/mol. The molecular formula is C14H13N3S. The Balaban J connectivity index is 1.98. The lowest BCUT2D eigenvalue weighted by Gasteiger charge is -2.03. The molecule has 0 aliphatic heterocycles. The minimum Gasteiger partial charge on any atom is -0.397 e. The highest BCUT2D eigenvalue weighted by atomic mass is 32.2. The molecule has 0 atom stereocenters. The Morgan fingerprint density at radius 2 is 2.00 bits per heavy atom. The first-order chi connectivity index (χ1) is 8.72. The van der Waals surface area contributed by atoms with Crippen LogP contribution < -0.4 is 5.73 Å². The van der Waals surface area contributed by atoms with Crippen molar-refractivity contribution in [3.05, 3.63) is 48.2 Å². The minimum absolute atomic E-state index is 0.712. The van der Waals surface area contributed by atoms with Crippen LogP contribution >= 0.6 is 11.8 Å². The molecule has 3 rings (SSSR count). The van der Waals surface area contributed by atoms with Gasteiger partial charge in [-0.3, -0.25) is 0 Å². The van der Waals surface area contributed by atoms with Crippen LogP contribution in [0.15, 0.2) is 52.5 Å². The van der Waals surface area contributed by atoms with Gasteiger partial charge in [0.25, 0.3) is 0 Å². The first-order valence-electron chi connectivity index (χ1n) is 5.71. The molecule has 3 nitrogen and oxygen atoms in total. The standard InChI is InChI=1S/C14H13N3S/c1-9-6-7-11(15)14(16-9)18-13-8-10-4-2-3-5-12(10)17-13/h2-8,17H,15H2,1H3. The highest BCUT2D eigenvalue weighted by Crippen LogP contribution is 2.31. The molecule has 0 aliphatic carbocycles. The van der Waals surface area contributed by atoms with Crippen LogP contribution in [0.1, 0.15) is 5.69 Å². The van der Waals surface area contributed by atoms with Gasteiger partial charge in [-0.25, -0.2) is 4.98 Å². The van der Waals surface area contributed by atoms with Crippen molar-refractivity contribution in [2.45, 2.75) is 17.0 Å². The maximum absolute atomic E-state index is 5.93. The number of aromatic nitrogens is 2. The molecule has 0 fully saturated rings. The first-order valence-corrected chi connectivity index (χ1v) is 6.53. The number of nitrogens with zero attached hydrogens (tertiary/aromatic N) is 1. The second kappa shape index (κ2) is 4.38. The van der Waals surface area contributed by atoms with E-state index in [1.807, 2.05) is 31.2 Å². The third kappa shape index (κ3) is 2.07. The summed E-state index contributed by atoms with van der Waals surface area (Å²) in [4.78, 5) is 7.81. The molecule has 0 amide bonds. The van der Waals surface area contributed by atoms with Crippen molar-refractivity contribution >= 4 is 28.4 Å². The average Bonchev–Trinajstić information content (AvgIpc) is 2.76. The SMILES string of the molecule is Cc1ccc(N)c(Sc2cc3ccccc3[nH]2)n1. The Bertz CT molecular complexity index is 670. The second-order valence-electron chi connectivity index (χ2n) is 4.17. The molecule has 3 N–H and O–H groups in total. The van der Waals surface area contributed by atoms with Crippen molar-refractivity contribution in [1.29, 1.82) is 0 Å². The van der Waals surface area contributed by atoms with Crippen LogP contribution in [0.25, 0.3) is 10.9 Å². The summed E-state index contributed by atoms with van der Waals surface area (Å²) in [5, 5.41) is 3.11. The van der Waals surface area contributed by atoms with E-state index in [2.05, 4.69) is 28.2 Å². The number of nitrogen functional groups attached to an aromatic ring is 1. The summed E-state index contributed by atoms with van der Waals surface area (Å²) in [6.45, 7) is 1.97. The first kappa shape index (κ1) is 11.2. The highest BCUT2D eigenvalue weighted by molar-refractivity contribution is 7.99. The quantitative estimate of drug-likeness (QED) is 0.735. The summed E-state index contributed by atoms with van der Waals surface area (Å²) in [5.41, 5.74) is 8.75. The number of aromatic amines is 1. The lowest BCUT2D eigenvalue weighted by Crippen LogP contribution is -1.93. The molecular weight excluding hydrogens is 242 g/mol. The number of benzene rings is 1. The van der Waals surface area contributed by atoms with Crippen LogP contribution in [0, 0.1) is 6.92 Å². The molecule has 3 aromatic rings. The summed E-state index contributed by atoms with van der Waals surface area (Å²) in [5.74, 6) is 0. The molecule has 0 spiro atoms. The minimum atomic E-state index is 0.712. The number of hydrogen-bond donors (Lipinski definition) is 2. The number of anilines is 1. The largest absolute Gasteiger partial charge is 0.397 e. The van der Waals surface area contributed by atoms with E-state index in [1.54, 1.807) is 11.8 Å². The van der Waals surface area contributed by atoms with E-state index < -0.39 is 0 Å². The molecule has 0 saturated heterocycles. The third-order valence-corrected chi connectivity index (χ3v) is 3.70. The zero-order chi connectivity index (χ0) is 12.5. The fourth-order valence-corrected chi connectivity index (χ4v) is 2.76. The van der Waals surface area contributed by atoms with Gasteiger partial charge >= 0.3 is 0 Å². The van der Waals surface area contributed by atoms with Gasteiger partial charge in [-0.1, -0.05) is 30.0 Å². The Labute approximate surface area is 109 Å². The van der Waals surface area contributed by atoms with Crippen molar-refractivity contribution < 1.29 is 0 Å². The van der Waals surface area contributed by atoms with E-state index in [0.717, 1.165) is 21.3 Å². The van der Waals surface area contributed by atoms with Crippen LogP contribution in [-0.4, -0.2) is 9.97 Å². The maximum atomic E-state index is 5.93. The van der Waals surface area contributed by atoms with Crippen LogP contribution in [0.2, 0.25) is 0 Å². The smallest absolute Gasteiger partial charge is 0.125 e. The zero-order valence-electron chi connectivity index (χ0n) is 9.97. The lowest BCUT2D eigenvalue weighted by molar-refractivity contribution is 1.07. The third-order valence-electron chi connectivity index (χ3n) is 2.74. The van der Waals surface area contributed by atoms with Crippen molar-refractivity contribution in [3.63, 3.8) is 0 Å². The van der Waals surface area contributed by atoms with Gasteiger partial charge in [0, 0.05) is 16.6 Å². The fraction of sp³-hybridized carbons (Fsp3) is 0.0714. The molecule has 1 aromatic carbocycles. The molecule has 0 radical (unpaired) electrons. The van der Waals surface area contributed by atoms with Gasteiger partial charge in [-0.05, 0) is 31.2 Å². The van der Waals surface area contributed by atoms with E-state index in [-0.39, 0.29) is 0 Å². The number of pyridine rings is 1. The Morgan fingerprint density at radius 1 is 1.17 bits per heavy atom. The molecule has 2 heterocycles. The number of nitrogens with two attached hydrogens (primary N) is 1. The Kier molecular flexibility index (Phi) is 2.72. The number of fused-ring (bicyclic) bond motifs is 1. The molecule has 2 aromatic heterocycles. The van der Waals surface area contributed by atoms with Crippen LogP contribution in [0.5, 0.6) is 0 Å². The Hall–Kier alpha value is -1.94. The van der Waals surface area contributed by atoms with Gasteiger partial charge in [-0.15, -0.1) is 0 Å². The molecule has 4 heteroatoms. The van der Waals surface area contributed by atoms with Crippen LogP contribution in [-0.2, 0) is 0 Å². The van der Waals surface area contributed by atoms with Gasteiger partial charge in [0.05, 0.1) is 10.7 Å². The second-order valence-corrected chi connectivity index (χ2v) is 5.20. The maximum Gasteiger partial charge on any atom is 0.125 e. The van der Waals surface area contributed by atoms with E-state index in [1.165, 1.54) is 5.39 Å². The number of nitrogens with one attached hydrogen (secondary N) is 1. The Morgan fingerprint density at radius 3 is 2.83 bits per heavy atom. The number of aryl methyl sites for hydroxylation is 1. The molecule has 0 bridgehead atoms. The fourth-order valence-electron chi connectivity index (χ4n) is 1.83. The lowest BCUT2D eigenvalue weighted by atomic mass is 10.3. The topological polar surface area (TPSA) is 54.7 Å². The van der Waals surface area contributed by atoms with Gasteiger partial charge < -0.3 is 10.7 Å². The normalized spacial score (nSPS) is 10.9. The summed E-state index contributed by atoms with van der Waals surface area (Å²) < 4.78 is 0. The summed E-state index contributed by atoms with van der Waals surface area (Å²) in [6.07, 6.45) is 0. The molecule has 0 saturated carbocycles. The van der Waals surface area contributed by atoms with E-state index in [4.69, 9.17) is 5.73 Å². The van der Waals surface area contributed by atoms with E-state index in [0.29, 0.717) is 5.69 Å². The van der Waals surface area contributed by atoms with Crippen LogP contribution in [0.3, 0.4) is 0 Å². The van der Waals surface area contributed by atoms with E-state index in [9.17, 15) is 0 Å². The van der Waals surface area contributed by atoms with Crippen LogP contribution in [0.4, 0.5) is 5.69 Å². The monoisotopic (exact) mass is 255 g/mol. The molecule has 18 heavy (non-hydrogen) atoms. The van der Waals surface area contributed by atoms with E-state index >= 15 is 0 Å². The van der Waals surface area contributed by atoms with Crippen molar-refractivity contribution in [3.8, 4) is 0 Å². The van der Waals surface area contributed by atoms with Gasteiger partial charge in [0.2, 0.25) is 0 Å². The summed E-state index contributed by atoms with van der Waals surface area (Å²) >= 11 is 1.56.